The fourth-order valence-corrected chi connectivity index (χ4v) is 1.88. The highest BCUT2D eigenvalue weighted by Crippen LogP contribution is 2.33. The van der Waals surface area contributed by atoms with E-state index in [4.69, 9.17) is 10.5 Å². The van der Waals surface area contributed by atoms with Crippen molar-refractivity contribution in [2.24, 2.45) is 11.7 Å². The van der Waals surface area contributed by atoms with Crippen LogP contribution in [0.25, 0.3) is 0 Å². The summed E-state index contributed by atoms with van der Waals surface area (Å²) in [6.07, 6.45) is 4.91. The second-order valence-electron chi connectivity index (χ2n) is 4.63. The molecule has 0 heterocycles. The first kappa shape index (κ1) is 11.5. The number of nitrogens with two attached hydrogens (primary N) is 1. The third-order valence-electron chi connectivity index (χ3n) is 3.24. The van der Waals surface area contributed by atoms with Crippen molar-refractivity contribution in [3.05, 3.63) is 29.8 Å². The highest BCUT2D eigenvalue weighted by molar-refractivity contribution is 5.35. The molecule has 2 nitrogen and oxygen atoms in total. The number of hydrogen-bond acceptors (Lipinski definition) is 2. The SMILES string of the molecule is CCC(N)c1ccccc1OCCC1CC1. The van der Waals surface area contributed by atoms with Crippen molar-refractivity contribution in [3.8, 4) is 5.75 Å². The van der Waals surface area contributed by atoms with Crippen molar-refractivity contribution < 1.29 is 4.74 Å². The zero-order chi connectivity index (χ0) is 11.4. The van der Waals surface area contributed by atoms with E-state index in [9.17, 15) is 0 Å². The van der Waals surface area contributed by atoms with Gasteiger partial charge in [0, 0.05) is 11.6 Å². The molecular formula is C14H21NO. The molecule has 1 aromatic carbocycles. The monoisotopic (exact) mass is 219 g/mol. The quantitative estimate of drug-likeness (QED) is 0.797. The molecule has 0 spiro atoms. The normalized spacial score (nSPS) is 17.1. The molecule has 0 saturated heterocycles. The summed E-state index contributed by atoms with van der Waals surface area (Å²) in [5.74, 6) is 1.89. The van der Waals surface area contributed by atoms with E-state index in [0.717, 1.165) is 30.3 Å². The van der Waals surface area contributed by atoms with Crippen LogP contribution in [0.5, 0.6) is 5.75 Å². The van der Waals surface area contributed by atoms with E-state index in [1.807, 2.05) is 18.2 Å². The second kappa shape index (κ2) is 5.35. The Bertz CT molecular complexity index is 333. The van der Waals surface area contributed by atoms with Gasteiger partial charge in [-0.25, -0.2) is 0 Å². The summed E-state index contributed by atoms with van der Waals surface area (Å²) >= 11 is 0. The smallest absolute Gasteiger partial charge is 0.124 e. The van der Waals surface area contributed by atoms with Crippen LogP contribution < -0.4 is 10.5 Å². The molecule has 1 aliphatic rings. The van der Waals surface area contributed by atoms with Gasteiger partial charge in [-0.1, -0.05) is 38.0 Å². The standard InChI is InChI=1S/C14H21NO/c1-2-13(15)12-5-3-4-6-14(12)16-10-9-11-7-8-11/h3-6,11,13H,2,7-10,15H2,1H3. The molecule has 2 heteroatoms. The Morgan fingerprint density at radius 1 is 1.38 bits per heavy atom. The average Bonchev–Trinajstić information content (AvgIpc) is 3.13. The fourth-order valence-electron chi connectivity index (χ4n) is 1.88. The van der Waals surface area contributed by atoms with Gasteiger partial charge in [0.15, 0.2) is 0 Å². The Balaban J connectivity index is 1.94. The molecular weight excluding hydrogens is 198 g/mol. The molecule has 1 fully saturated rings. The maximum atomic E-state index is 6.06. The summed E-state index contributed by atoms with van der Waals surface area (Å²) in [5, 5.41) is 0. The van der Waals surface area contributed by atoms with Gasteiger partial charge >= 0.3 is 0 Å². The predicted molar refractivity (Wildman–Crippen MR) is 66.5 cm³/mol. The van der Waals surface area contributed by atoms with Crippen LogP contribution in [0.15, 0.2) is 24.3 Å². The Labute approximate surface area is 97.8 Å². The summed E-state index contributed by atoms with van der Waals surface area (Å²) in [6, 6.07) is 8.23. The van der Waals surface area contributed by atoms with E-state index < -0.39 is 0 Å². The van der Waals surface area contributed by atoms with Gasteiger partial charge in [0.1, 0.15) is 5.75 Å². The van der Waals surface area contributed by atoms with Crippen molar-refractivity contribution in [2.45, 2.75) is 38.6 Å². The minimum absolute atomic E-state index is 0.0946. The predicted octanol–water partition coefficient (Wildman–Crippen LogP) is 3.28. The van der Waals surface area contributed by atoms with E-state index >= 15 is 0 Å². The zero-order valence-corrected chi connectivity index (χ0v) is 9.99. The molecule has 2 rings (SSSR count). The summed E-state index contributed by atoms with van der Waals surface area (Å²) in [4.78, 5) is 0. The van der Waals surface area contributed by atoms with Crippen LogP contribution in [0.3, 0.4) is 0 Å². The molecule has 1 aliphatic carbocycles. The topological polar surface area (TPSA) is 35.2 Å². The Kier molecular flexibility index (Phi) is 3.83. The Morgan fingerprint density at radius 2 is 2.12 bits per heavy atom. The van der Waals surface area contributed by atoms with Crippen LogP contribution in [0.1, 0.15) is 44.2 Å². The molecule has 0 aliphatic heterocycles. The third kappa shape index (κ3) is 2.99. The Hall–Kier alpha value is -1.02. The maximum absolute atomic E-state index is 6.06. The summed E-state index contributed by atoms with van der Waals surface area (Å²) < 4.78 is 5.83. The molecule has 16 heavy (non-hydrogen) atoms. The van der Waals surface area contributed by atoms with Gasteiger partial charge in [-0.15, -0.1) is 0 Å². The molecule has 2 N–H and O–H groups in total. The lowest BCUT2D eigenvalue weighted by Crippen LogP contribution is -2.11. The number of ether oxygens (including phenoxy) is 1. The summed E-state index contributed by atoms with van der Waals surface area (Å²) in [6.45, 7) is 2.93. The van der Waals surface area contributed by atoms with Crippen molar-refractivity contribution in [3.63, 3.8) is 0 Å². The van der Waals surface area contributed by atoms with Crippen molar-refractivity contribution >= 4 is 0 Å². The van der Waals surface area contributed by atoms with Gasteiger partial charge in [-0.2, -0.15) is 0 Å². The van der Waals surface area contributed by atoms with Gasteiger partial charge in [0.05, 0.1) is 6.61 Å². The molecule has 1 atom stereocenters. The van der Waals surface area contributed by atoms with E-state index in [0.29, 0.717) is 0 Å². The van der Waals surface area contributed by atoms with Crippen LogP contribution in [0.4, 0.5) is 0 Å². The van der Waals surface area contributed by atoms with Gasteiger partial charge in [-0.05, 0) is 24.8 Å². The first-order chi connectivity index (χ1) is 7.81. The maximum Gasteiger partial charge on any atom is 0.124 e. The van der Waals surface area contributed by atoms with Crippen molar-refractivity contribution in [1.29, 1.82) is 0 Å². The van der Waals surface area contributed by atoms with Crippen LogP contribution in [-0.4, -0.2) is 6.61 Å². The molecule has 88 valence electrons. The lowest BCUT2D eigenvalue weighted by Gasteiger charge is -2.15. The van der Waals surface area contributed by atoms with E-state index in [1.54, 1.807) is 0 Å². The van der Waals surface area contributed by atoms with Gasteiger partial charge < -0.3 is 10.5 Å². The third-order valence-corrected chi connectivity index (χ3v) is 3.24. The first-order valence-electron chi connectivity index (χ1n) is 6.28. The molecule has 1 unspecified atom stereocenters. The molecule has 0 bridgehead atoms. The lowest BCUT2D eigenvalue weighted by atomic mass is 10.0. The van der Waals surface area contributed by atoms with Crippen LogP contribution in [0, 0.1) is 5.92 Å². The molecule has 0 aromatic heterocycles. The highest BCUT2D eigenvalue weighted by atomic mass is 16.5. The van der Waals surface area contributed by atoms with Crippen molar-refractivity contribution in [2.75, 3.05) is 6.61 Å². The first-order valence-corrected chi connectivity index (χ1v) is 6.28. The average molecular weight is 219 g/mol. The van der Waals surface area contributed by atoms with Crippen LogP contribution in [0.2, 0.25) is 0 Å². The van der Waals surface area contributed by atoms with Gasteiger partial charge in [0.2, 0.25) is 0 Å². The number of rotatable bonds is 6. The largest absolute Gasteiger partial charge is 0.493 e. The van der Waals surface area contributed by atoms with E-state index in [2.05, 4.69) is 13.0 Å². The zero-order valence-electron chi connectivity index (χ0n) is 9.99. The van der Waals surface area contributed by atoms with E-state index in [-0.39, 0.29) is 6.04 Å². The molecule has 1 saturated carbocycles. The molecule has 0 radical (unpaired) electrons. The lowest BCUT2D eigenvalue weighted by molar-refractivity contribution is 0.297. The summed E-state index contributed by atoms with van der Waals surface area (Å²) in [7, 11) is 0. The Morgan fingerprint density at radius 3 is 2.81 bits per heavy atom. The number of para-hydroxylation sites is 1. The molecule has 1 aromatic rings. The van der Waals surface area contributed by atoms with Gasteiger partial charge in [0.25, 0.3) is 0 Å². The minimum Gasteiger partial charge on any atom is -0.493 e. The number of hydrogen-bond donors (Lipinski definition) is 1. The van der Waals surface area contributed by atoms with E-state index in [1.165, 1.54) is 19.3 Å². The highest BCUT2D eigenvalue weighted by Gasteiger charge is 2.21. The minimum atomic E-state index is 0.0946. The molecule has 0 amide bonds. The second-order valence-corrected chi connectivity index (χ2v) is 4.63. The van der Waals surface area contributed by atoms with Crippen molar-refractivity contribution in [1.82, 2.24) is 0 Å². The fraction of sp³-hybridized carbons (Fsp3) is 0.571. The summed E-state index contributed by atoms with van der Waals surface area (Å²) in [5.41, 5.74) is 7.20. The van der Waals surface area contributed by atoms with Crippen LogP contribution >= 0.6 is 0 Å². The number of benzene rings is 1. The van der Waals surface area contributed by atoms with Crippen LogP contribution in [-0.2, 0) is 0 Å². The van der Waals surface area contributed by atoms with Gasteiger partial charge in [-0.3, -0.25) is 0 Å².